The van der Waals surface area contributed by atoms with Crippen molar-refractivity contribution < 1.29 is 4.74 Å². The third kappa shape index (κ3) is 2.39. The first-order chi connectivity index (χ1) is 7.70. The molecule has 1 aliphatic heterocycles. The van der Waals surface area contributed by atoms with Crippen molar-refractivity contribution in [2.45, 2.75) is 18.9 Å². The van der Waals surface area contributed by atoms with Gasteiger partial charge >= 0.3 is 0 Å². The number of halogens is 1. The zero-order valence-electron chi connectivity index (χ0n) is 9.32. The third-order valence-corrected chi connectivity index (χ3v) is 3.15. The van der Waals surface area contributed by atoms with E-state index in [1.165, 1.54) is 0 Å². The molecule has 0 bridgehead atoms. The summed E-state index contributed by atoms with van der Waals surface area (Å²) in [4.78, 5) is 6.53. The molecule has 1 saturated heterocycles. The summed E-state index contributed by atoms with van der Waals surface area (Å²) in [6.07, 6.45) is 1.96. The Bertz CT molecular complexity index is 364. The maximum atomic E-state index is 6.13. The van der Waals surface area contributed by atoms with Gasteiger partial charge in [0.1, 0.15) is 0 Å². The maximum Gasteiger partial charge on any atom is 0.214 e. The first-order valence-electron chi connectivity index (χ1n) is 5.42. The molecular weight excluding hydrogens is 226 g/mol. The molecule has 2 N–H and O–H groups in total. The normalized spacial score (nSPS) is 17.6. The van der Waals surface area contributed by atoms with E-state index in [4.69, 9.17) is 22.1 Å². The summed E-state index contributed by atoms with van der Waals surface area (Å²) in [5, 5.41) is 0.663. The van der Waals surface area contributed by atoms with Gasteiger partial charge in [-0.1, -0.05) is 11.6 Å². The number of piperidine rings is 1. The molecule has 1 fully saturated rings. The van der Waals surface area contributed by atoms with E-state index in [1.807, 2.05) is 6.07 Å². The molecular formula is C11H16ClN3O. The van der Waals surface area contributed by atoms with Crippen LogP contribution in [0.4, 0.5) is 5.82 Å². The largest absolute Gasteiger partial charge is 0.481 e. The summed E-state index contributed by atoms with van der Waals surface area (Å²) in [5.41, 5.74) is 5.86. The lowest BCUT2D eigenvalue weighted by Crippen LogP contribution is -2.40. The second kappa shape index (κ2) is 4.89. The van der Waals surface area contributed by atoms with Gasteiger partial charge in [-0.15, -0.1) is 0 Å². The Morgan fingerprint density at radius 2 is 2.12 bits per heavy atom. The highest BCUT2D eigenvalue weighted by molar-refractivity contribution is 6.33. The molecule has 0 aromatic carbocycles. The van der Waals surface area contributed by atoms with Crippen molar-refractivity contribution in [2.75, 3.05) is 25.1 Å². The molecule has 0 amide bonds. The van der Waals surface area contributed by atoms with Crippen LogP contribution in [0.1, 0.15) is 12.8 Å². The Morgan fingerprint density at radius 3 is 2.75 bits per heavy atom. The minimum absolute atomic E-state index is 0.306. The molecule has 1 aromatic rings. The third-order valence-electron chi connectivity index (χ3n) is 2.85. The fraction of sp³-hybridized carbons (Fsp3) is 0.545. The minimum Gasteiger partial charge on any atom is -0.481 e. The Hall–Kier alpha value is -1.00. The summed E-state index contributed by atoms with van der Waals surface area (Å²) >= 11 is 6.13. The standard InChI is InChI=1S/C11H16ClN3O/c1-16-10-3-2-9(12)11(14-10)15-6-4-8(13)5-7-15/h2-3,8H,4-7,13H2,1H3. The summed E-state index contributed by atoms with van der Waals surface area (Å²) < 4.78 is 5.10. The van der Waals surface area contributed by atoms with Gasteiger partial charge in [0.2, 0.25) is 5.88 Å². The molecule has 2 heterocycles. The van der Waals surface area contributed by atoms with Gasteiger partial charge in [0, 0.05) is 25.2 Å². The number of anilines is 1. The first-order valence-corrected chi connectivity index (χ1v) is 5.79. The average molecular weight is 242 g/mol. The summed E-state index contributed by atoms with van der Waals surface area (Å²) in [5.74, 6) is 1.39. The minimum atomic E-state index is 0.306. The number of ether oxygens (including phenoxy) is 1. The quantitative estimate of drug-likeness (QED) is 0.856. The maximum absolute atomic E-state index is 6.13. The highest BCUT2D eigenvalue weighted by Crippen LogP contribution is 2.28. The van der Waals surface area contributed by atoms with Gasteiger partial charge in [-0.25, -0.2) is 0 Å². The fourth-order valence-electron chi connectivity index (χ4n) is 1.86. The van der Waals surface area contributed by atoms with Crippen LogP contribution in [-0.4, -0.2) is 31.2 Å². The van der Waals surface area contributed by atoms with Crippen LogP contribution in [0.25, 0.3) is 0 Å². The van der Waals surface area contributed by atoms with Gasteiger partial charge in [0.25, 0.3) is 0 Å². The topological polar surface area (TPSA) is 51.4 Å². The number of pyridine rings is 1. The van der Waals surface area contributed by atoms with Gasteiger partial charge in [0.05, 0.1) is 12.1 Å². The smallest absolute Gasteiger partial charge is 0.214 e. The monoisotopic (exact) mass is 241 g/mol. The molecule has 0 saturated carbocycles. The van der Waals surface area contributed by atoms with E-state index in [-0.39, 0.29) is 0 Å². The van der Waals surface area contributed by atoms with E-state index in [1.54, 1.807) is 13.2 Å². The van der Waals surface area contributed by atoms with Crippen LogP contribution in [0.2, 0.25) is 5.02 Å². The summed E-state index contributed by atoms with van der Waals surface area (Å²) in [6.45, 7) is 1.81. The number of methoxy groups -OCH3 is 1. The Labute approximate surface area is 100 Å². The number of nitrogens with two attached hydrogens (primary N) is 1. The van der Waals surface area contributed by atoms with Crippen molar-refractivity contribution in [3.05, 3.63) is 17.2 Å². The predicted molar refractivity (Wildman–Crippen MR) is 65.2 cm³/mol. The van der Waals surface area contributed by atoms with Crippen LogP contribution in [-0.2, 0) is 0 Å². The molecule has 5 heteroatoms. The van der Waals surface area contributed by atoms with E-state index in [0.29, 0.717) is 16.9 Å². The van der Waals surface area contributed by atoms with Crippen LogP contribution in [0.15, 0.2) is 12.1 Å². The van der Waals surface area contributed by atoms with Crippen LogP contribution < -0.4 is 15.4 Å². The molecule has 16 heavy (non-hydrogen) atoms. The molecule has 1 aromatic heterocycles. The molecule has 4 nitrogen and oxygen atoms in total. The molecule has 0 aliphatic carbocycles. The van der Waals surface area contributed by atoms with Crippen LogP contribution in [0.3, 0.4) is 0 Å². The van der Waals surface area contributed by atoms with Crippen molar-refractivity contribution in [3.63, 3.8) is 0 Å². The van der Waals surface area contributed by atoms with Gasteiger partial charge in [0.15, 0.2) is 5.82 Å². The number of aromatic nitrogens is 1. The molecule has 2 rings (SSSR count). The van der Waals surface area contributed by atoms with Crippen molar-refractivity contribution in [1.29, 1.82) is 0 Å². The number of nitrogens with zero attached hydrogens (tertiary/aromatic N) is 2. The first kappa shape index (κ1) is 11.5. The van der Waals surface area contributed by atoms with Crippen LogP contribution in [0.5, 0.6) is 5.88 Å². The molecule has 0 spiro atoms. The van der Waals surface area contributed by atoms with Gasteiger partial charge < -0.3 is 15.4 Å². The predicted octanol–water partition coefficient (Wildman–Crippen LogP) is 1.67. The number of rotatable bonds is 2. The zero-order chi connectivity index (χ0) is 11.5. The fourth-order valence-corrected chi connectivity index (χ4v) is 2.09. The lowest BCUT2D eigenvalue weighted by molar-refractivity contribution is 0.397. The van der Waals surface area contributed by atoms with Crippen molar-refractivity contribution in [2.24, 2.45) is 5.73 Å². The lowest BCUT2D eigenvalue weighted by Gasteiger charge is -2.31. The van der Waals surface area contributed by atoms with E-state index >= 15 is 0 Å². The molecule has 0 atom stereocenters. The van der Waals surface area contributed by atoms with E-state index < -0.39 is 0 Å². The molecule has 1 aliphatic rings. The van der Waals surface area contributed by atoms with Crippen LogP contribution >= 0.6 is 11.6 Å². The van der Waals surface area contributed by atoms with E-state index in [2.05, 4.69) is 9.88 Å². The van der Waals surface area contributed by atoms with Gasteiger partial charge in [-0.2, -0.15) is 4.98 Å². The van der Waals surface area contributed by atoms with Crippen molar-refractivity contribution >= 4 is 17.4 Å². The van der Waals surface area contributed by atoms with Gasteiger partial charge in [-0.05, 0) is 18.9 Å². The Kier molecular flexibility index (Phi) is 3.51. The van der Waals surface area contributed by atoms with E-state index in [0.717, 1.165) is 31.7 Å². The van der Waals surface area contributed by atoms with Gasteiger partial charge in [-0.3, -0.25) is 0 Å². The van der Waals surface area contributed by atoms with Crippen LogP contribution in [0, 0.1) is 0 Å². The lowest BCUT2D eigenvalue weighted by atomic mass is 10.1. The number of hydrogen-bond acceptors (Lipinski definition) is 4. The summed E-state index contributed by atoms with van der Waals surface area (Å²) in [7, 11) is 1.60. The highest BCUT2D eigenvalue weighted by atomic mass is 35.5. The zero-order valence-corrected chi connectivity index (χ0v) is 10.1. The molecule has 0 unspecified atom stereocenters. The average Bonchev–Trinajstić information content (AvgIpc) is 2.31. The Balaban J connectivity index is 2.19. The van der Waals surface area contributed by atoms with Crippen molar-refractivity contribution in [3.8, 4) is 5.88 Å². The SMILES string of the molecule is COc1ccc(Cl)c(N2CCC(N)CC2)n1. The Morgan fingerprint density at radius 1 is 1.44 bits per heavy atom. The summed E-state index contributed by atoms with van der Waals surface area (Å²) in [6, 6.07) is 3.89. The number of hydrogen-bond donors (Lipinski definition) is 1. The second-order valence-corrected chi connectivity index (χ2v) is 4.39. The van der Waals surface area contributed by atoms with E-state index in [9.17, 15) is 0 Å². The molecule has 88 valence electrons. The molecule has 0 radical (unpaired) electrons. The second-order valence-electron chi connectivity index (χ2n) is 3.98. The highest BCUT2D eigenvalue weighted by Gasteiger charge is 2.19. The van der Waals surface area contributed by atoms with Crippen molar-refractivity contribution in [1.82, 2.24) is 4.98 Å².